The normalized spacial score (nSPS) is 26.9. The van der Waals surface area contributed by atoms with Crippen molar-refractivity contribution in [1.82, 2.24) is 10.2 Å². The lowest BCUT2D eigenvalue weighted by Crippen LogP contribution is -2.47. The maximum Gasteiger partial charge on any atom is 0.224 e. The summed E-state index contributed by atoms with van der Waals surface area (Å²) in [7, 11) is 1.73. The number of rotatable bonds is 5. The Kier molecular flexibility index (Phi) is 5.92. The molecule has 17 heavy (non-hydrogen) atoms. The van der Waals surface area contributed by atoms with E-state index in [0.29, 0.717) is 12.3 Å². The first-order valence-electron chi connectivity index (χ1n) is 6.62. The number of nitrogens with one attached hydrogen (secondary N) is 1. The van der Waals surface area contributed by atoms with Crippen LogP contribution in [-0.2, 0) is 9.53 Å². The Morgan fingerprint density at radius 2 is 2.29 bits per heavy atom. The second-order valence-corrected chi connectivity index (χ2v) is 5.04. The summed E-state index contributed by atoms with van der Waals surface area (Å²) in [5.41, 5.74) is 0. The lowest BCUT2D eigenvalue weighted by molar-refractivity contribution is -0.136. The maximum atomic E-state index is 12.1. The quantitative estimate of drug-likeness (QED) is 0.789. The molecule has 3 atom stereocenters. The Morgan fingerprint density at radius 3 is 2.88 bits per heavy atom. The molecule has 0 spiro atoms. The highest BCUT2D eigenvalue weighted by Crippen LogP contribution is 2.20. The number of hydrogen-bond donors (Lipinski definition) is 1. The van der Waals surface area contributed by atoms with E-state index in [-0.39, 0.29) is 18.1 Å². The second-order valence-electron chi connectivity index (χ2n) is 5.04. The minimum absolute atomic E-state index is 0.196. The van der Waals surface area contributed by atoms with Crippen molar-refractivity contribution in [3.8, 4) is 0 Å². The van der Waals surface area contributed by atoms with E-state index >= 15 is 0 Å². The fraction of sp³-hybridized carbons (Fsp3) is 0.923. The highest BCUT2D eigenvalue weighted by Gasteiger charge is 2.28. The number of amides is 1. The van der Waals surface area contributed by atoms with Crippen molar-refractivity contribution < 1.29 is 9.53 Å². The number of ether oxygens (including phenoxy) is 1. The van der Waals surface area contributed by atoms with Gasteiger partial charge in [0.05, 0.1) is 6.10 Å². The number of carbonyl (C=O) groups is 1. The van der Waals surface area contributed by atoms with Crippen molar-refractivity contribution in [3.05, 3.63) is 0 Å². The average molecular weight is 242 g/mol. The zero-order valence-corrected chi connectivity index (χ0v) is 11.5. The molecule has 0 radical (unpaired) electrons. The summed E-state index contributed by atoms with van der Waals surface area (Å²) < 4.78 is 5.43. The fourth-order valence-corrected chi connectivity index (χ4v) is 2.38. The van der Waals surface area contributed by atoms with Crippen molar-refractivity contribution in [2.45, 2.75) is 45.8 Å². The lowest BCUT2D eigenvalue weighted by atomic mass is 9.95. The van der Waals surface area contributed by atoms with Gasteiger partial charge in [0.1, 0.15) is 0 Å². The first-order chi connectivity index (χ1) is 8.08. The van der Waals surface area contributed by atoms with Gasteiger partial charge in [-0.15, -0.1) is 0 Å². The fourth-order valence-electron chi connectivity index (χ4n) is 2.38. The topological polar surface area (TPSA) is 41.6 Å². The highest BCUT2D eigenvalue weighted by molar-refractivity contribution is 5.76. The molecule has 1 aliphatic rings. The van der Waals surface area contributed by atoms with E-state index in [1.807, 2.05) is 4.90 Å². The molecule has 0 aromatic heterocycles. The molecule has 1 saturated heterocycles. The Balaban J connectivity index is 2.42. The van der Waals surface area contributed by atoms with Gasteiger partial charge in [-0.05, 0) is 25.8 Å². The SMILES string of the molecule is CCNC(C)CC(=O)N1CCC(C)C(OC)C1. The number of carbonyl (C=O) groups excluding carboxylic acids is 1. The summed E-state index contributed by atoms with van der Waals surface area (Å²) in [5, 5.41) is 3.27. The monoisotopic (exact) mass is 242 g/mol. The van der Waals surface area contributed by atoms with Crippen LogP contribution in [0.3, 0.4) is 0 Å². The van der Waals surface area contributed by atoms with Crippen LogP contribution in [0.2, 0.25) is 0 Å². The van der Waals surface area contributed by atoms with E-state index in [1.54, 1.807) is 7.11 Å². The molecule has 3 unspecified atom stereocenters. The standard InChI is InChI=1S/C13H26N2O2/c1-5-14-11(3)8-13(16)15-7-6-10(2)12(9-15)17-4/h10-12,14H,5-9H2,1-4H3. The van der Waals surface area contributed by atoms with Gasteiger partial charge in [0.15, 0.2) is 0 Å². The van der Waals surface area contributed by atoms with Crippen molar-refractivity contribution in [3.63, 3.8) is 0 Å². The van der Waals surface area contributed by atoms with Gasteiger partial charge < -0.3 is 15.0 Å². The van der Waals surface area contributed by atoms with Gasteiger partial charge in [0.2, 0.25) is 5.91 Å². The zero-order valence-electron chi connectivity index (χ0n) is 11.5. The Labute approximate surface area is 105 Å². The molecular weight excluding hydrogens is 216 g/mol. The van der Waals surface area contributed by atoms with Crippen molar-refractivity contribution in [1.29, 1.82) is 0 Å². The molecule has 1 aliphatic heterocycles. The largest absolute Gasteiger partial charge is 0.379 e. The third-order valence-corrected chi connectivity index (χ3v) is 3.58. The number of nitrogens with zero attached hydrogens (tertiary/aromatic N) is 1. The van der Waals surface area contributed by atoms with Gasteiger partial charge in [-0.25, -0.2) is 0 Å². The first-order valence-corrected chi connectivity index (χ1v) is 6.62. The van der Waals surface area contributed by atoms with Gasteiger partial charge in [-0.2, -0.15) is 0 Å². The molecule has 1 rings (SSSR count). The van der Waals surface area contributed by atoms with Crippen LogP contribution in [0.1, 0.15) is 33.6 Å². The lowest BCUT2D eigenvalue weighted by Gasteiger charge is -2.36. The molecule has 0 aromatic carbocycles. The molecule has 1 fully saturated rings. The minimum atomic E-state index is 0.196. The number of piperidine rings is 1. The highest BCUT2D eigenvalue weighted by atomic mass is 16.5. The molecule has 0 bridgehead atoms. The zero-order chi connectivity index (χ0) is 12.8. The Morgan fingerprint density at radius 1 is 1.59 bits per heavy atom. The van der Waals surface area contributed by atoms with Gasteiger partial charge in [-0.3, -0.25) is 4.79 Å². The van der Waals surface area contributed by atoms with Crippen LogP contribution in [0.25, 0.3) is 0 Å². The smallest absolute Gasteiger partial charge is 0.224 e. The maximum absolute atomic E-state index is 12.1. The summed E-state index contributed by atoms with van der Waals surface area (Å²) in [4.78, 5) is 14.0. The summed E-state index contributed by atoms with van der Waals surface area (Å²) in [6.07, 6.45) is 1.82. The van der Waals surface area contributed by atoms with Crippen LogP contribution in [0, 0.1) is 5.92 Å². The van der Waals surface area contributed by atoms with Crippen LogP contribution in [0.4, 0.5) is 0 Å². The molecule has 4 heteroatoms. The predicted octanol–water partition coefficient (Wildman–Crippen LogP) is 1.26. The Bertz CT molecular complexity index is 246. The van der Waals surface area contributed by atoms with Crippen LogP contribution in [0.15, 0.2) is 0 Å². The molecule has 0 saturated carbocycles. The van der Waals surface area contributed by atoms with Crippen LogP contribution >= 0.6 is 0 Å². The van der Waals surface area contributed by atoms with Crippen LogP contribution < -0.4 is 5.32 Å². The van der Waals surface area contributed by atoms with E-state index in [1.165, 1.54) is 0 Å². The molecule has 100 valence electrons. The third-order valence-electron chi connectivity index (χ3n) is 3.58. The van der Waals surface area contributed by atoms with E-state index < -0.39 is 0 Å². The summed E-state index contributed by atoms with van der Waals surface area (Å²) in [6, 6.07) is 0.257. The third kappa shape index (κ3) is 4.28. The second kappa shape index (κ2) is 6.97. The van der Waals surface area contributed by atoms with Crippen molar-refractivity contribution >= 4 is 5.91 Å². The van der Waals surface area contributed by atoms with E-state index in [9.17, 15) is 4.79 Å². The van der Waals surface area contributed by atoms with Gasteiger partial charge >= 0.3 is 0 Å². The van der Waals surface area contributed by atoms with Crippen molar-refractivity contribution in [2.24, 2.45) is 5.92 Å². The molecule has 0 aromatic rings. The first kappa shape index (κ1) is 14.5. The van der Waals surface area contributed by atoms with Crippen LogP contribution in [-0.4, -0.2) is 49.7 Å². The van der Waals surface area contributed by atoms with E-state index in [2.05, 4.69) is 26.1 Å². The van der Waals surface area contributed by atoms with Crippen molar-refractivity contribution in [2.75, 3.05) is 26.7 Å². The number of likely N-dealkylation sites (tertiary alicyclic amines) is 1. The number of methoxy groups -OCH3 is 1. The molecular formula is C13H26N2O2. The summed E-state index contributed by atoms with van der Waals surface area (Å²) >= 11 is 0. The molecule has 1 heterocycles. The van der Waals surface area contributed by atoms with E-state index in [0.717, 1.165) is 26.1 Å². The average Bonchev–Trinajstić information content (AvgIpc) is 2.29. The van der Waals surface area contributed by atoms with Gasteiger partial charge in [0, 0.05) is 32.7 Å². The minimum Gasteiger partial charge on any atom is -0.379 e. The van der Waals surface area contributed by atoms with Gasteiger partial charge in [0.25, 0.3) is 0 Å². The van der Waals surface area contributed by atoms with E-state index in [4.69, 9.17) is 4.74 Å². The molecule has 1 amide bonds. The predicted molar refractivity (Wildman–Crippen MR) is 68.9 cm³/mol. The molecule has 0 aliphatic carbocycles. The van der Waals surface area contributed by atoms with Crippen LogP contribution in [0.5, 0.6) is 0 Å². The number of hydrogen-bond acceptors (Lipinski definition) is 3. The molecule has 4 nitrogen and oxygen atoms in total. The van der Waals surface area contributed by atoms with Gasteiger partial charge in [-0.1, -0.05) is 13.8 Å². The Hall–Kier alpha value is -0.610. The summed E-state index contributed by atoms with van der Waals surface area (Å²) in [6.45, 7) is 8.84. The summed E-state index contributed by atoms with van der Waals surface area (Å²) in [5.74, 6) is 0.794. The molecule has 1 N–H and O–H groups in total.